The van der Waals surface area contributed by atoms with Gasteiger partial charge in [0.1, 0.15) is 0 Å². The monoisotopic (exact) mass is 251 g/mol. The smallest absolute Gasteiger partial charge is 0.293 e. The normalized spacial score (nSPS) is 9.88. The van der Waals surface area contributed by atoms with Crippen LogP contribution in [-0.2, 0) is 0 Å². The van der Waals surface area contributed by atoms with Gasteiger partial charge in [-0.25, -0.2) is 0 Å². The van der Waals surface area contributed by atoms with Gasteiger partial charge in [-0.05, 0) is 11.8 Å². The molecule has 0 aromatic heterocycles. The minimum Gasteiger partial charge on any atom is -0.293 e. The predicted octanol–water partition coefficient (Wildman–Crippen LogP) is 1.79. The minimum atomic E-state index is 0.164. The molecule has 4 heteroatoms. The molecular weight excluding hydrogens is 232 g/mol. The first-order valence-electron chi connectivity index (χ1n) is 5.45. The van der Waals surface area contributed by atoms with Crippen molar-refractivity contribution in [3.63, 3.8) is 0 Å². The number of amidine groups is 1. The van der Waals surface area contributed by atoms with Crippen molar-refractivity contribution in [1.29, 1.82) is 0 Å². The first kappa shape index (κ1) is 13.8. The van der Waals surface area contributed by atoms with E-state index in [4.69, 9.17) is 0 Å². The van der Waals surface area contributed by atoms with Crippen LogP contribution >= 0.6 is 11.8 Å². The van der Waals surface area contributed by atoms with Crippen LogP contribution in [0.2, 0.25) is 0 Å². The molecule has 0 heterocycles. The van der Waals surface area contributed by atoms with Gasteiger partial charge in [0, 0.05) is 5.56 Å². The highest BCUT2D eigenvalue weighted by Crippen LogP contribution is 2.10. The first-order chi connectivity index (χ1) is 8.02. The van der Waals surface area contributed by atoms with Crippen molar-refractivity contribution < 1.29 is 9.37 Å². The first-order valence-corrected chi connectivity index (χ1v) is 6.43. The molecule has 0 fully saturated rings. The second kappa shape index (κ2) is 6.45. The van der Waals surface area contributed by atoms with E-state index in [-0.39, 0.29) is 5.78 Å². The van der Waals surface area contributed by atoms with E-state index in [2.05, 4.69) is 0 Å². The van der Waals surface area contributed by atoms with Gasteiger partial charge in [-0.1, -0.05) is 30.3 Å². The van der Waals surface area contributed by atoms with Gasteiger partial charge in [-0.3, -0.25) is 14.3 Å². The molecule has 0 unspecified atom stereocenters. The second-order valence-corrected chi connectivity index (χ2v) is 5.09. The number of rotatable bonds is 3. The molecule has 0 radical (unpaired) electrons. The molecule has 17 heavy (non-hydrogen) atoms. The molecule has 0 aliphatic carbocycles. The van der Waals surface area contributed by atoms with Gasteiger partial charge >= 0.3 is 5.17 Å². The lowest BCUT2D eigenvalue weighted by Gasteiger charge is -2.09. The Morgan fingerprint density at radius 3 is 2.29 bits per heavy atom. The Balaban J connectivity index is 2.63. The summed E-state index contributed by atoms with van der Waals surface area (Å²) in [5.41, 5.74) is 0.775. The maximum Gasteiger partial charge on any atom is 0.307 e. The molecule has 0 atom stereocenters. The summed E-state index contributed by atoms with van der Waals surface area (Å²) in [6.07, 6.45) is 0. The highest BCUT2D eigenvalue weighted by Gasteiger charge is 2.15. The summed E-state index contributed by atoms with van der Waals surface area (Å²) in [6, 6.07) is 9.41. The van der Waals surface area contributed by atoms with E-state index in [0.29, 0.717) is 5.75 Å². The Morgan fingerprint density at radius 1 is 1.24 bits per heavy atom. The molecule has 0 N–H and O–H groups in total. The maximum atomic E-state index is 11.9. The van der Waals surface area contributed by atoms with Gasteiger partial charge in [0.05, 0.1) is 33.9 Å². The molecule has 0 saturated heterocycles. The Morgan fingerprint density at radius 2 is 1.82 bits per heavy atom. The Bertz CT molecular complexity index is 409. The van der Waals surface area contributed by atoms with Gasteiger partial charge in [0.25, 0.3) is 0 Å². The van der Waals surface area contributed by atoms with E-state index in [1.165, 1.54) is 0 Å². The zero-order chi connectivity index (χ0) is 12.8. The van der Waals surface area contributed by atoms with Crippen LogP contribution in [0.3, 0.4) is 0 Å². The Kier molecular flexibility index (Phi) is 5.22. The van der Waals surface area contributed by atoms with Crippen molar-refractivity contribution >= 4 is 22.7 Å². The number of benzene rings is 1. The third-order valence-electron chi connectivity index (χ3n) is 2.19. The fourth-order valence-electron chi connectivity index (χ4n) is 1.50. The summed E-state index contributed by atoms with van der Waals surface area (Å²) in [7, 11) is 7.93. The number of thioether (sulfide) groups is 1. The number of carbonyl (C=O) groups excluding carboxylic acids is 1. The molecule has 1 rings (SSSR count). The van der Waals surface area contributed by atoms with Gasteiger partial charge in [-0.15, -0.1) is 0 Å². The summed E-state index contributed by atoms with van der Waals surface area (Å²) < 4.78 is 2.02. The molecule has 92 valence electrons. The number of nitrogens with zero attached hydrogens (tertiary/aromatic N) is 2. The highest BCUT2D eigenvalue weighted by atomic mass is 32.2. The second-order valence-electron chi connectivity index (χ2n) is 4.15. The van der Waals surface area contributed by atoms with Crippen LogP contribution in [0.1, 0.15) is 10.4 Å². The molecule has 1 aromatic carbocycles. The van der Waals surface area contributed by atoms with E-state index in [1.54, 1.807) is 11.8 Å². The predicted molar refractivity (Wildman–Crippen MR) is 74.0 cm³/mol. The quantitative estimate of drug-likeness (QED) is 0.354. The lowest BCUT2D eigenvalue weighted by Crippen LogP contribution is -2.27. The zero-order valence-corrected chi connectivity index (χ0v) is 11.6. The SMILES string of the molecule is CN(C)C(SCC(=O)c1ccccc1)=[N+](C)C. The van der Waals surface area contributed by atoms with Crippen LogP contribution in [-0.4, -0.2) is 54.4 Å². The number of hydrogen-bond donors (Lipinski definition) is 0. The van der Waals surface area contributed by atoms with Gasteiger partial charge < -0.3 is 0 Å². The third kappa shape index (κ3) is 4.23. The minimum absolute atomic E-state index is 0.164. The molecule has 0 aliphatic heterocycles. The number of ketones is 1. The van der Waals surface area contributed by atoms with E-state index in [0.717, 1.165) is 10.7 Å². The third-order valence-corrected chi connectivity index (χ3v) is 3.59. The lowest BCUT2D eigenvalue weighted by molar-refractivity contribution is -0.466. The maximum absolute atomic E-state index is 11.9. The van der Waals surface area contributed by atoms with Gasteiger partial charge in [-0.2, -0.15) is 0 Å². The average Bonchev–Trinajstić information content (AvgIpc) is 2.29. The average molecular weight is 251 g/mol. The summed E-state index contributed by atoms with van der Waals surface area (Å²) in [5, 5.41) is 1.08. The van der Waals surface area contributed by atoms with Crippen LogP contribution < -0.4 is 0 Å². The van der Waals surface area contributed by atoms with E-state index >= 15 is 0 Å². The molecule has 0 saturated carbocycles. The van der Waals surface area contributed by atoms with Crippen molar-refractivity contribution in [2.24, 2.45) is 0 Å². The summed E-state index contributed by atoms with van der Waals surface area (Å²) in [6.45, 7) is 0. The van der Waals surface area contributed by atoms with Crippen LogP contribution in [0.15, 0.2) is 30.3 Å². The summed E-state index contributed by atoms with van der Waals surface area (Å²) in [4.78, 5) is 13.9. The Labute approximate surface area is 107 Å². The number of hydrogen-bond acceptors (Lipinski definition) is 2. The lowest BCUT2D eigenvalue weighted by atomic mass is 10.2. The van der Waals surface area contributed by atoms with Crippen LogP contribution in [0.25, 0.3) is 0 Å². The zero-order valence-electron chi connectivity index (χ0n) is 10.8. The van der Waals surface area contributed by atoms with Crippen LogP contribution in [0.4, 0.5) is 0 Å². The van der Waals surface area contributed by atoms with Gasteiger partial charge in [0.2, 0.25) is 0 Å². The van der Waals surface area contributed by atoms with E-state index in [1.807, 2.05) is 68.0 Å². The van der Waals surface area contributed by atoms with Crippen LogP contribution in [0.5, 0.6) is 0 Å². The standard InChI is InChI=1S/C13H19N2OS/c1-14(2)13(15(3)4)17-10-12(16)11-8-6-5-7-9-11/h5-9H,10H2,1-4H3/q+1. The molecule has 3 nitrogen and oxygen atoms in total. The fraction of sp³-hybridized carbons (Fsp3) is 0.385. The molecule has 1 aromatic rings. The van der Waals surface area contributed by atoms with Crippen molar-refractivity contribution in [3.05, 3.63) is 35.9 Å². The van der Waals surface area contributed by atoms with E-state index in [9.17, 15) is 4.79 Å². The van der Waals surface area contributed by atoms with Crippen molar-refractivity contribution in [2.45, 2.75) is 0 Å². The molecular formula is C13H19N2OS+. The molecule has 0 bridgehead atoms. The van der Waals surface area contributed by atoms with Crippen molar-refractivity contribution in [2.75, 3.05) is 33.9 Å². The summed E-state index contributed by atoms with van der Waals surface area (Å²) in [5.74, 6) is 0.632. The fourth-order valence-corrected chi connectivity index (χ4v) is 2.44. The molecule has 0 aliphatic rings. The molecule has 0 spiro atoms. The topological polar surface area (TPSA) is 23.3 Å². The summed E-state index contributed by atoms with van der Waals surface area (Å²) >= 11 is 1.56. The highest BCUT2D eigenvalue weighted by molar-refractivity contribution is 8.14. The van der Waals surface area contributed by atoms with Crippen molar-refractivity contribution in [3.8, 4) is 0 Å². The van der Waals surface area contributed by atoms with E-state index < -0.39 is 0 Å². The number of carbonyl (C=O) groups is 1. The van der Waals surface area contributed by atoms with Gasteiger partial charge in [0.15, 0.2) is 5.78 Å². The van der Waals surface area contributed by atoms with Crippen molar-refractivity contribution in [1.82, 2.24) is 4.90 Å². The molecule has 0 amide bonds. The van der Waals surface area contributed by atoms with Crippen LogP contribution in [0, 0.1) is 0 Å². The number of Topliss-reactive ketones (excluding diaryl/α,β-unsaturated/α-hetero) is 1. The largest absolute Gasteiger partial charge is 0.307 e. The Hall–Kier alpha value is -1.29.